The first-order valence-electron chi connectivity index (χ1n) is 6.60. The van der Waals surface area contributed by atoms with Crippen LogP contribution in [0.3, 0.4) is 0 Å². The summed E-state index contributed by atoms with van der Waals surface area (Å²) in [6, 6.07) is 10.2. The maximum absolute atomic E-state index is 6.47. The molecular formula is C17H20BrNO. The Morgan fingerprint density at radius 3 is 2.35 bits per heavy atom. The predicted molar refractivity (Wildman–Crippen MR) is 87.4 cm³/mol. The lowest BCUT2D eigenvalue weighted by Gasteiger charge is -2.20. The number of ether oxygens (including phenoxy) is 1. The lowest BCUT2D eigenvalue weighted by atomic mass is 9.93. The molecule has 1 unspecified atom stereocenters. The van der Waals surface area contributed by atoms with Crippen LogP contribution in [0.2, 0.25) is 0 Å². The van der Waals surface area contributed by atoms with Crippen molar-refractivity contribution in [2.24, 2.45) is 5.73 Å². The summed E-state index contributed by atoms with van der Waals surface area (Å²) >= 11 is 3.52. The van der Waals surface area contributed by atoms with Crippen LogP contribution in [-0.2, 0) is 0 Å². The molecule has 2 rings (SSSR count). The van der Waals surface area contributed by atoms with Gasteiger partial charge in [0.2, 0.25) is 0 Å². The van der Waals surface area contributed by atoms with Gasteiger partial charge in [-0.2, -0.15) is 0 Å². The van der Waals surface area contributed by atoms with E-state index < -0.39 is 0 Å². The van der Waals surface area contributed by atoms with Gasteiger partial charge in [0, 0.05) is 10.0 Å². The number of hydrogen-bond donors (Lipinski definition) is 1. The molecule has 0 aliphatic rings. The van der Waals surface area contributed by atoms with Crippen molar-refractivity contribution in [3.05, 3.63) is 62.6 Å². The molecule has 0 fully saturated rings. The van der Waals surface area contributed by atoms with Crippen LogP contribution in [0.15, 0.2) is 34.8 Å². The highest BCUT2D eigenvalue weighted by atomic mass is 79.9. The van der Waals surface area contributed by atoms with Crippen LogP contribution in [0.25, 0.3) is 0 Å². The lowest BCUT2D eigenvalue weighted by Crippen LogP contribution is -2.15. The van der Waals surface area contributed by atoms with E-state index in [2.05, 4.69) is 54.9 Å². The highest BCUT2D eigenvalue weighted by Crippen LogP contribution is 2.33. The summed E-state index contributed by atoms with van der Waals surface area (Å²) in [5.74, 6) is 0.857. The van der Waals surface area contributed by atoms with Crippen molar-refractivity contribution < 1.29 is 4.74 Å². The quantitative estimate of drug-likeness (QED) is 0.901. The van der Waals surface area contributed by atoms with E-state index in [1.54, 1.807) is 7.11 Å². The summed E-state index contributed by atoms with van der Waals surface area (Å²) < 4.78 is 6.61. The monoisotopic (exact) mass is 333 g/mol. The van der Waals surface area contributed by atoms with Gasteiger partial charge in [-0.15, -0.1) is 0 Å². The smallest absolute Gasteiger partial charge is 0.124 e. The number of hydrogen-bond acceptors (Lipinski definition) is 2. The molecule has 0 aromatic heterocycles. The van der Waals surface area contributed by atoms with Crippen LogP contribution in [0, 0.1) is 20.8 Å². The average molecular weight is 334 g/mol. The fraction of sp³-hybridized carbons (Fsp3) is 0.294. The van der Waals surface area contributed by atoms with E-state index in [4.69, 9.17) is 10.5 Å². The molecule has 0 radical (unpaired) electrons. The second kappa shape index (κ2) is 5.98. The van der Waals surface area contributed by atoms with Crippen molar-refractivity contribution in [3.63, 3.8) is 0 Å². The van der Waals surface area contributed by atoms with Gasteiger partial charge < -0.3 is 10.5 Å². The van der Waals surface area contributed by atoms with Gasteiger partial charge in [0.15, 0.2) is 0 Å². The summed E-state index contributed by atoms with van der Waals surface area (Å²) in [6.07, 6.45) is 0. The van der Waals surface area contributed by atoms with E-state index in [0.29, 0.717) is 0 Å². The molecule has 0 saturated heterocycles. The van der Waals surface area contributed by atoms with Gasteiger partial charge in [0.1, 0.15) is 5.75 Å². The van der Waals surface area contributed by atoms with Gasteiger partial charge in [0.25, 0.3) is 0 Å². The highest BCUT2D eigenvalue weighted by molar-refractivity contribution is 9.10. The largest absolute Gasteiger partial charge is 0.496 e. The van der Waals surface area contributed by atoms with E-state index in [9.17, 15) is 0 Å². The predicted octanol–water partition coefficient (Wildman–Crippen LogP) is 4.43. The van der Waals surface area contributed by atoms with E-state index in [0.717, 1.165) is 26.9 Å². The van der Waals surface area contributed by atoms with E-state index in [-0.39, 0.29) is 6.04 Å². The molecule has 0 saturated carbocycles. The number of halogens is 1. The van der Waals surface area contributed by atoms with Gasteiger partial charge in [-0.3, -0.25) is 0 Å². The Bertz CT molecular complexity index is 637. The van der Waals surface area contributed by atoms with Gasteiger partial charge in [-0.1, -0.05) is 34.1 Å². The van der Waals surface area contributed by atoms with Crippen molar-refractivity contribution in [2.75, 3.05) is 7.11 Å². The number of aryl methyl sites for hydroxylation is 3. The zero-order valence-electron chi connectivity index (χ0n) is 12.3. The normalized spacial score (nSPS) is 12.3. The lowest BCUT2D eigenvalue weighted by molar-refractivity contribution is 0.407. The molecule has 2 nitrogen and oxygen atoms in total. The standard InChI is InChI=1S/C17H20BrNO/c1-10-7-12(3)16(15(8-10)20-4)17(19)13-5-6-14(18)11(2)9-13/h5-9,17H,19H2,1-4H3. The number of methoxy groups -OCH3 is 1. The van der Waals surface area contributed by atoms with E-state index >= 15 is 0 Å². The Morgan fingerprint density at radius 2 is 1.75 bits per heavy atom. The Kier molecular flexibility index (Phi) is 4.51. The van der Waals surface area contributed by atoms with Crippen LogP contribution < -0.4 is 10.5 Å². The second-order valence-corrected chi connectivity index (χ2v) is 6.04. The molecule has 0 aliphatic heterocycles. The first-order chi connectivity index (χ1) is 9.43. The van der Waals surface area contributed by atoms with Crippen molar-refractivity contribution >= 4 is 15.9 Å². The fourth-order valence-corrected chi connectivity index (χ4v) is 2.78. The summed E-state index contributed by atoms with van der Waals surface area (Å²) in [5, 5.41) is 0. The zero-order chi connectivity index (χ0) is 14.9. The van der Waals surface area contributed by atoms with Crippen LogP contribution in [0.4, 0.5) is 0 Å². The molecule has 3 heteroatoms. The molecule has 0 heterocycles. The number of nitrogens with two attached hydrogens (primary N) is 1. The van der Waals surface area contributed by atoms with Crippen LogP contribution >= 0.6 is 15.9 Å². The van der Waals surface area contributed by atoms with Gasteiger partial charge in [-0.05, 0) is 55.2 Å². The van der Waals surface area contributed by atoms with E-state index in [1.807, 2.05) is 12.1 Å². The summed E-state index contributed by atoms with van der Waals surface area (Å²) in [5.41, 5.74) is 12.1. The number of benzene rings is 2. The fourth-order valence-electron chi connectivity index (χ4n) is 2.54. The molecule has 0 aliphatic carbocycles. The second-order valence-electron chi connectivity index (χ2n) is 5.18. The van der Waals surface area contributed by atoms with Crippen molar-refractivity contribution in [3.8, 4) is 5.75 Å². The summed E-state index contributed by atoms with van der Waals surface area (Å²) in [7, 11) is 1.69. The third-order valence-electron chi connectivity index (χ3n) is 3.57. The summed E-state index contributed by atoms with van der Waals surface area (Å²) in [6.45, 7) is 6.21. The minimum Gasteiger partial charge on any atom is -0.496 e. The maximum Gasteiger partial charge on any atom is 0.124 e. The molecule has 2 aromatic carbocycles. The topological polar surface area (TPSA) is 35.2 Å². The Hall–Kier alpha value is -1.32. The maximum atomic E-state index is 6.47. The zero-order valence-corrected chi connectivity index (χ0v) is 13.9. The molecule has 20 heavy (non-hydrogen) atoms. The SMILES string of the molecule is COc1cc(C)cc(C)c1C(N)c1ccc(Br)c(C)c1. The first kappa shape index (κ1) is 15.1. The molecule has 0 bridgehead atoms. The molecule has 2 aromatic rings. The van der Waals surface area contributed by atoms with Crippen LogP contribution in [0.5, 0.6) is 5.75 Å². The molecule has 1 atom stereocenters. The minimum absolute atomic E-state index is 0.183. The van der Waals surface area contributed by atoms with Gasteiger partial charge in [0.05, 0.1) is 13.2 Å². The Labute approximate surface area is 129 Å². The Balaban J connectivity index is 2.52. The molecular weight excluding hydrogens is 314 g/mol. The average Bonchev–Trinajstić information content (AvgIpc) is 2.40. The minimum atomic E-state index is -0.183. The third kappa shape index (κ3) is 2.89. The van der Waals surface area contributed by atoms with E-state index in [1.165, 1.54) is 11.1 Å². The molecule has 0 spiro atoms. The van der Waals surface area contributed by atoms with Crippen molar-refractivity contribution in [2.45, 2.75) is 26.8 Å². The molecule has 106 valence electrons. The summed E-state index contributed by atoms with van der Waals surface area (Å²) in [4.78, 5) is 0. The van der Waals surface area contributed by atoms with Crippen LogP contribution in [-0.4, -0.2) is 7.11 Å². The van der Waals surface area contributed by atoms with Gasteiger partial charge >= 0.3 is 0 Å². The van der Waals surface area contributed by atoms with Crippen LogP contribution in [0.1, 0.15) is 33.9 Å². The highest BCUT2D eigenvalue weighted by Gasteiger charge is 2.17. The molecule has 2 N–H and O–H groups in total. The molecule has 0 amide bonds. The third-order valence-corrected chi connectivity index (χ3v) is 4.46. The van der Waals surface area contributed by atoms with Gasteiger partial charge in [-0.25, -0.2) is 0 Å². The Morgan fingerprint density at radius 1 is 1.05 bits per heavy atom. The number of rotatable bonds is 3. The van der Waals surface area contributed by atoms with Crippen molar-refractivity contribution in [1.82, 2.24) is 0 Å². The first-order valence-corrected chi connectivity index (χ1v) is 7.40. The van der Waals surface area contributed by atoms with Crippen molar-refractivity contribution in [1.29, 1.82) is 0 Å².